The second-order valence-electron chi connectivity index (χ2n) is 7.97. The molecule has 150 valence electrons. The molecular formula is C20H29CaN3O3S. The molecule has 0 unspecified atom stereocenters. The number of carbonyl (C=O) groups excluding carboxylic acids is 1. The van der Waals surface area contributed by atoms with Gasteiger partial charge in [0, 0.05) is 43.4 Å². The number of sulfonamides is 1. The molecule has 6 nitrogen and oxygen atoms in total. The summed E-state index contributed by atoms with van der Waals surface area (Å²) in [7, 11) is -3.65. The van der Waals surface area contributed by atoms with E-state index in [0.717, 1.165) is 63.8 Å². The van der Waals surface area contributed by atoms with E-state index in [1.54, 1.807) is 0 Å². The van der Waals surface area contributed by atoms with Gasteiger partial charge in [0.1, 0.15) is 0 Å². The molecule has 2 amide bonds. The first-order valence-corrected chi connectivity index (χ1v) is 11.7. The zero-order valence-corrected chi connectivity index (χ0v) is 19.7. The topological polar surface area (TPSA) is 78.5 Å². The molecule has 0 aromatic heterocycles. The molecule has 1 aliphatic heterocycles. The molecule has 0 saturated carbocycles. The predicted octanol–water partition coefficient (Wildman–Crippen LogP) is 2.22. The summed E-state index contributed by atoms with van der Waals surface area (Å²) in [5.41, 5.74) is 5.94. The first-order chi connectivity index (χ1) is 13.0. The van der Waals surface area contributed by atoms with Crippen molar-refractivity contribution in [2.45, 2.75) is 63.5 Å². The van der Waals surface area contributed by atoms with Crippen molar-refractivity contribution < 1.29 is 13.2 Å². The van der Waals surface area contributed by atoms with Crippen LogP contribution in [-0.2, 0) is 35.7 Å². The van der Waals surface area contributed by atoms with Crippen molar-refractivity contribution in [3.8, 4) is 0 Å². The number of likely N-dealkylation sites (tertiary alicyclic amines) is 1. The van der Waals surface area contributed by atoms with Crippen LogP contribution >= 0.6 is 0 Å². The van der Waals surface area contributed by atoms with Crippen LogP contribution < -0.4 is 10.0 Å². The zero-order chi connectivity index (χ0) is 19.0. The van der Waals surface area contributed by atoms with Crippen LogP contribution in [-0.4, -0.2) is 82.0 Å². The number of hydrogen-bond acceptors (Lipinski definition) is 4. The number of hydrogen-bond donors (Lipinski definition) is 2. The second-order valence-corrected chi connectivity index (χ2v) is 9.93. The minimum atomic E-state index is -3.65. The SMILES string of the molecule is CCN1CCC(S(=O)(=O)NC(=O)Nc2c3c(cc4c2CCC4)CCC3)CC1.[Ca]. The molecule has 8 heteroatoms. The van der Waals surface area contributed by atoms with E-state index in [0.29, 0.717) is 12.8 Å². The largest absolute Gasteiger partial charge is 0.332 e. The van der Waals surface area contributed by atoms with Gasteiger partial charge in [-0.15, -0.1) is 0 Å². The van der Waals surface area contributed by atoms with Gasteiger partial charge < -0.3 is 10.2 Å². The molecular weight excluding hydrogens is 402 g/mol. The fourth-order valence-electron chi connectivity index (χ4n) is 4.85. The Hall–Kier alpha value is -0.340. The number of piperidine rings is 1. The predicted molar refractivity (Wildman–Crippen MR) is 112 cm³/mol. The molecule has 2 radical (unpaired) electrons. The molecule has 0 atom stereocenters. The van der Waals surface area contributed by atoms with Gasteiger partial charge in [-0.2, -0.15) is 0 Å². The maximum absolute atomic E-state index is 12.7. The van der Waals surface area contributed by atoms with E-state index in [1.807, 2.05) is 0 Å². The summed E-state index contributed by atoms with van der Waals surface area (Å²) in [6, 6.07) is 1.69. The van der Waals surface area contributed by atoms with E-state index in [-0.39, 0.29) is 37.7 Å². The molecule has 0 bridgehead atoms. The summed E-state index contributed by atoms with van der Waals surface area (Å²) >= 11 is 0. The van der Waals surface area contributed by atoms with Gasteiger partial charge in [-0.25, -0.2) is 17.9 Å². The van der Waals surface area contributed by atoms with Crippen molar-refractivity contribution in [2.75, 3.05) is 25.0 Å². The molecule has 1 heterocycles. The molecule has 1 fully saturated rings. The summed E-state index contributed by atoms with van der Waals surface area (Å²) in [5.74, 6) is 0. The smallest absolute Gasteiger partial charge is 0.307 e. The number of nitrogens with zero attached hydrogens (tertiary/aromatic N) is 1. The number of aryl methyl sites for hydroxylation is 2. The van der Waals surface area contributed by atoms with E-state index >= 15 is 0 Å². The number of carbonyl (C=O) groups is 1. The standard InChI is InChI=1S/C20H29N3O3S.Ca/c1-2-23-11-9-16(10-12-23)27(25,26)22-20(24)21-19-17-7-3-5-14(17)13-15-6-4-8-18(15)19;/h13,16H,2-12H2,1H3,(H2,21,22,24);. The summed E-state index contributed by atoms with van der Waals surface area (Å²) in [5, 5.41) is 2.43. The first kappa shape index (κ1) is 22.3. The fourth-order valence-corrected chi connectivity index (χ4v) is 6.16. The number of urea groups is 1. The van der Waals surface area contributed by atoms with Gasteiger partial charge in [0.15, 0.2) is 0 Å². The summed E-state index contributed by atoms with van der Waals surface area (Å²) < 4.78 is 27.6. The van der Waals surface area contributed by atoms with Crippen LogP contribution in [0.25, 0.3) is 0 Å². The van der Waals surface area contributed by atoms with E-state index in [4.69, 9.17) is 0 Å². The minimum absolute atomic E-state index is 0. The van der Waals surface area contributed by atoms with E-state index in [9.17, 15) is 13.2 Å². The summed E-state index contributed by atoms with van der Waals surface area (Å²) in [4.78, 5) is 14.8. The van der Waals surface area contributed by atoms with Crippen molar-refractivity contribution in [1.29, 1.82) is 0 Å². The number of rotatable bonds is 4. The van der Waals surface area contributed by atoms with Crippen LogP contribution in [0, 0.1) is 0 Å². The normalized spacial score (nSPS) is 19.6. The molecule has 1 aromatic rings. The molecule has 1 saturated heterocycles. The van der Waals surface area contributed by atoms with Crippen LogP contribution in [0.1, 0.15) is 54.9 Å². The Morgan fingerprint density at radius 1 is 1.07 bits per heavy atom. The van der Waals surface area contributed by atoms with Gasteiger partial charge in [-0.1, -0.05) is 13.0 Å². The minimum Gasteiger partial charge on any atom is -0.307 e. The number of anilines is 1. The van der Waals surface area contributed by atoms with Crippen molar-refractivity contribution in [3.63, 3.8) is 0 Å². The third kappa shape index (κ3) is 4.53. The molecule has 0 spiro atoms. The van der Waals surface area contributed by atoms with Gasteiger partial charge in [-0.3, -0.25) is 0 Å². The quantitative estimate of drug-likeness (QED) is 0.717. The Morgan fingerprint density at radius 2 is 1.64 bits per heavy atom. The van der Waals surface area contributed by atoms with Crippen molar-refractivity contribution >= 4 is 59.5 Å². The van der Waals surface area contributed by atoms with Crippen molar-refractivity contribution in [2.24, 2.45) is 0 Å². The Kier molecular flexibility index (Phi) is 7.35. The molecule has 4 rings (SSSR count). The Labute approximate surface area is 197 Å². The average Bonchev–Trinajstić information content (AvgIpc) is 3.30. The van der Waals surface area contributed by atoms with Crippen LogP contribution in [0.3, 0.4) is 0 Å². The Balaban J connectivity index is 0.00000225. The maximum atomic E-state index is 12.7. The van der Waals surface area contributed by atoms with E-state index in [2.05, 4.69) is 27.9 Å². The monoisotopic (exact) mass is 431 g/mol. The number of amides is 2. The number of fused-ring (bicyclic) bond motifs is 2. The van der Waals surface area contributed by atoms with Gasteiger partial charge in [0.25, 0.3) is 0 Å². The van der Waals surface area contributed by atoms with Gasteiger partial charge in [0.2, 0.25) is 10.0 Å². The van der Waals surface area contributed by atoms with Gasteiger partial charge in [0.05, 0.1) is 5.25 Å². The third-order valence-electron chi connectivity index (χ3n) is 6.37. The zero-order valence-electron chi connectivity index (χ0n) is 16.7. The van der Waals surface area contributed by atoms with Crippen LogP contribution in [0.4, 0.5) is 10.5 Å². The van der Waals surface area contributed by atoms with Gasteiger partial charge in [-0.05, 0) is 93.3 Å². The second kappa shape index (κ2) is 9.21. The Bertz CT molecular complexity index is 816. The van der Waals surface area contributed by atoms with Crippen molar-refractivity contribution in [1.82, 2.24) is 9.62 Å². The average molecular weight is 432 g/mol. The summed E-state index contributed by atoms with van der Waals surface area (Å²) in [6.45, 7) is 4.55. The van der Waals surface area contributed by atoms with Crippen LogP contribution in [0.5, 0.6) is 0 Å². The summed E-state index contributed by atoms with van der Waals surface area (Å²) in [6.07, 6.45) is 7.37. The Morgan fingerprint density at radius 3 is 2.18 bits per heavy atom. The molecule has 2 aliphatic carbocycles. The van der Waals surface area contributed by atoms with Crippen LogP contribution in [0.15, 0.2) is 6.07 Å². The van der Waals surface area contributed by atoms with Gasteiger partial charge >= 0.3 is 6.03 Å². The van der Waals surface area contributed by atoms with E-state index in [1.165, 1.54) is 22.3 Å². The molecule has 2 N–H and O–H groups in total. The fraction of sp³-hybridized carbons (Fsp3) is 0.650. The van der Waals surface area contributed by atoms with E-state index < -0.39 is 21.3 Å². The maximum Gasteiger partial charge on any atom is 0.332 e. The first-order valence-electron chi connectivity index (χ1n) is 10.2. The number of nitrogens with one attached hydrogen (secondary N) is 2. The molecule has 28 heavy (non-hydrogen) atoms. The van der Waals surface area contributed by atoms with Crippen molar-refractivity contribution in [3.05, 3.63) is 28.3 Å². The third-order valence-corrected chi connectivity index (χ3v) is 8.19. The molecule has 3 aliphatic rings. The van der Waals surface area contributed by atoms with Crippen LogP contribution in [0.2, 0.25) is 0 Å². The number of benzene rings is 1. The molecule has 1 aromatic carbocycles.